The Morgan fingerprint density at radius 2 is 1.90 bits per heavy atom. The van der Waals surface area contributed by atoms with Crippen LogP contribution in [0.5, 0.6) is 5.75 Å². The van der Waals surface area contributed by atoms with Gasteiger partial charge in [0, 0.05) is 12.2 Å². The lowest BCUT2D eigenvalue weighted by Crippen LogP contribution is -2.26. The molecular formula is C17H21NO2. The Kier molecular flexibility index (Phi) is 5.02. The Balaban J connectivity index is 1.78. The zero-order valence-electron chi connectivity index (χ0n) is 12.0. The van der Waals surface area contributed by atoms with Gasteiger partial charge in [0.15, 0.2) is 0 Å². The summed E-state index contributed by atoms with van der Waals surface area (Å²) in [5, 5.41) is 13.2. The number of benzene rings is 2. The number of ether oxygens (including phenoxy) is 1. The first-order valence-corrected chi connectivity index (χ1v) is 6.82. The summed E-state index contributed by atoms with van der Waals surface area (Å²) in [7, 11) is 0. The fourth-order valence-corrected chi connectivity index (χ4v) is 1.96. The molecule has 1 atom stereocenters. The van der Waals surface area contributed by atoms with E-state index in [1.807, 2.05) is 62.4 Å². The van der Waals surface area contributed by atoms with E-state index in [9.17, 15) is 5.11 Å². The molecule has 0 amide bonds. The van der Waals surface area contributed by atoms with Crippen molar-refractivity contribution in [2.24, 2.45) is 0 Å². The van der Waals surface area contributed by atoms with Gasteiger partial charge in [-0.15, -0.1) is 0 Å². The highest BCUT2D eigenvalue weighted by Crippen LogP contribution is 2.14. The molecule has 106 valence electrons. The molecule has 0 heterocycles. The molecule has 0 aromatic heterocycles. The topological polar surface area (TPSA) is 41.5 Å². The van der Waals surface area contributed by atoms with Crippen LogP contribution in [0.15, 0.2) is 48.5 Å². The van der Waals surface area contributed by atoms with Crippen LogP contribution in [0.25, 0.3) is 0 Å². The summed E-state index contributed by atoms with van der Waals surface area (Å²) < 4.78 is 5.58. The van der Waals surface area contributed by atoms with Crippen LogP contribution in [-0.4, -0.2) is 24.4 Å². The van der Waals surface area contributed by atoms with Gasteiger partial charge in [-0.3, -0.25) is 0 Å². The number of rotatable bonds is 6. The smallest absolute Gasteiger partial charge is 0.119 e. The Morgan fingerprint density at radius 1 is 1.10 bits per heavy atom. The van der Waals surface area contributed by atoms with E-state index in [4.69, 9.17) is 4.74 Å². The SMILES string of the molecule is Cc1cccc(OCC(O)CNc2ccccc2C)c1. The van der Waals surface area contributed by atoms with Crippen LogP contribution in [0.2, 0.25) is 0 Å². The highest BCUT2D eigenvalue weighted by molar-refractivity contribution is 5.50. The summed E-state index contributed by atoms with van der Waals surface area (Å²) in [5.74, 6) is 0.792. The van der Waals surface area contributed by atoms with Crippen molar-refractivity contribution in [2.45, 2.75) is 20.0 Å². The second-order valence-electron chi connectivity index (χ2n) is 4.98. The first kappa shape index (κ1) is 14.4. The predicted octanol–water partition coefficient (Wildman–Crippen LogP) is 3.16. The number of nitrogens with one attached hydrogen (secondary N) is 1. The minimum atomic E-state index is -0.546. The molecule has 3 nitrogen and oxygen atoms in total. The summed E-state index contributed by atoms with van der Waals surface area (Å²) in [4.78, 5) is 0. The molecule has 0 spiro atoms. The van der Waals surface area contributed by atoms with E-state index < -0.39 is 6.10 Å². The lowest BCUT2D eigenvalue weighted by molar-refractivity contribution is 0.117. The van der Waals surface area contributed by atoms with Crippen molar-refractivity contribution >= 4 is 5.69 Å². The molecule has 0 radical (unpaired) electrons. The lowest BCUT2D eigenvalue weighted by atomic mass is 10.2. The minimum absolute atomic E-state index is 0.280. The number of anilines is 1. The molecule has 2 aromatic rings. The molecule has 0 saturated heterocycles. The molecule has 0 aliphatic heterocycles. The summed E-state index contributed by atoms with van der Waals surface area (Å²) in [6.45, 7) is 4.81. The highest BCUT2D eigenvalue weighted by atomic mass is 16.5. The van der Waals surface area contributed by atoms with Crippen LogP contribution in [-0.2, 0) is 0 Å². The third-order valence-electron chi connectivity index (χ3n) is 3.11. The van der Waals surface area contributed by atoms with Crippen LogP contribution < -0.4 is 10.1 Å². The lowest BCUT2D eigenvalue weighted by Gasteiger charge is -2.15. The fourth-order valence-electron chi connectivity index (χ4n) is 1.96. The quantitative estimate of drug-likeness (QED) is 0.848. The van der Waals surface area contributed by atoms with E-state index in [-0.39, 0.29) is 6.61 Å². The van der Waals surface area contributed by atoms with Crippen molar-refractivity contribution in [3.05, 3.63) is 59.7 Å². The summed E-state index contributed by atoms with van der Waals surface area (Å²) in [6.07, 6.45) is -0.546. The molecule has 0 fully saturated rings. The molecule has 0 bridgehead atoms. The number of hydrogen-bond donors (Lipinski definition) is 2. The van der Waals surface area contributed by atoms with E-state index >= 15 is 0 Å². The Morgan fingerprint density at radius 3 is 2.65 bits per heavy atom. The second-order valence-corrected chi connectivity index (χ2v) is 4.98. The molecule has 0 aliphatic rings. The normalized spacial score (nSPS) is 11.9. The standard InChI is InChI=1S/C17H21NO2/c1-13-6-5-8-16(10-13)20-12-15(19)11-18-17-9-4-3-7-14(17)2/h3-10,15,18-19H,11-12H2,1-2H3. The number of aliphatic hydroxyl groups is 1. The van der Waals surface area contributed by atoms with Gasteiger partial charge >= 0.3 is 0 Å². The van der Waals surface area contributed by atoms with Crippen LogP contribution in [0.1, 0.15) is 11.1 Å². The van der Waals surface area contributed by atoms with Crippen molar-refractivity contribution < 1.29 is 9.84 Å². The van der Waals surface area contributed by atoms with Gasteiger partial charge in [0.25, 0.3) is 0 Å². The maximum absolute atomic E-state index is 9.94. The molecule has 3 heteroatoms. The zero-order chi connectivity index (χ0) is 14.4. The van der Waals surface area contributed by atoms with Crippen LogP contribution in [0.3, 0.4) is 0 Å². The van der Waals surface area contributed by atoms with E-state index in [0.717, 1.165) is 17.0 Å². The monoisotopic (exact) mass is 271 g/mol. The fraction of sp³-hybridized carbons (Fsp3) is 0.294. The third kappa shape index (κ3) is 4.28. The largest absolute Gasteiger partial charge is 0.491 e. The van der Waals surface area contributed by atoms with Gasteiger partial charge in [0.05, 0.1) is 0 Å². The molecule has 2 aromatic carbocycles. The van der Waals surface area contributed by atoms with E-state index in [1.54, 1.807) is 0 Å². The van der Waals surface area contributed by atoms with E-state index in [2.05, 4.69) is 5.32 Å². The minimum Gasteiger partial charge on any atom is -0.491 e. The van der Waals surface area contributed by atoms with Gasteiger partial charge in [-0.05, 0) is 43.2 Å². The average molecular weight is 271 g/mol. The summed E-state index contributed by atoms with van der Waals surface area (Å²) >= 11 is 0. The number of hydrogen-bond acceptors (Lipinski definition) is 3. The van der Waals surface area contributed by atoms with Gasteiger partial charge < -0.3 is 15.2 Å². The van der Waals surface area contributed by atoms with Gasteiger partial charge in [0.2, 0.25) is 0 Å². The van der Waals surface area contributed by atoms with Crippen LogP contribution in [0.4, 0.5) is 5.69 Å². The molecule has 2 rings (SSSR count). The molecule has 2 N–H and O–H groups in total. The molecular weight excluding hydrogens is 250 g/mol. The molecule has 0 aliphatic carbocycles. The van der Waals surface area contributed by atoms with Crippen molar-refractivity contribution in [1.29, 1.82) is 0 Å². The third-order valence-corrected chi connectivity index (χ3v) is 3.11. The molecule has 1 unspecified atom stereocenters. The second kappa shape index (κ2) is 6.96. The predicted molar refractivity (Wildman–Crippen MR) is 82.3 cm³/mol. The first-order valence-electron chi connectivity index (χ1n) is 6.82. The van der Waals surface area contributed by atoms with Gasteiger partial charge in [0.1, 0.15) is 18.5 Å². The van der Waals surface area contributed by atoms with Gasteiger partial charge in [-0.25, -0.2) is 0 Å². The highest BCUT2D eigenvalue weighted by Gasteiger charge is 2.06. The molecule has 20 heavy (non-hydrogen) atoms. The van der Waals surface area contributed by atoms with E-state index in [0.29, 0.717) is 6.54 Å². The van der Waals surface area contributed by atoms with Gasteiger partial charge in [-0.2, -0.15) is 0 Å². The average Bonchev–Trinajstić information content (AvgIpc) is 2.44. The first-order chi connectivity index (χ1) is 9.65. The maximum atomic E-state index is 9.94. The van der Waals surface area contributed by atoms with E-state index in [1.165, 1.54) is 5.56 Å². The number of aliphatic hydroxyl groups excluding tert-OH is 1. The maximum Gasteiger partial charge on any atom is 0.119 e. The van der Waals surface area contributed by atoms with Crippen molar-refractivity contribution in [1.82, 2.24) is 0 Å². The number of para-hydroxylation sites is 1. The number of aryl methyl sites for hydroxylation is 2. The summed E-state index contributed by atoms with van der Waals surface area (Å²) in [5.41, 5.74) is 3.36. The Hall–Kier alpha value is -2.00. The zero-order valence-corrected chi connectivity index (χ0v) is 12.0. The van der Waals surface area contributed by atoms with Crippen molar-refractivity contribution in [2.75, 3.05) is 18.5 Å². The van der Waals surface area contributed by atoms with Crippen molar-refractivity contribution in [3.8, 4) is 5.75 Å². The Labute approximate surface area is 120 Å². The van der Waals surface area contributed by atoms with Crippen LogP contribution in [0, 0.1) is 13.8 Å². The Bertz CT molecular complexity index is 554. The molecule has 0 saturated carbocycles. The van der Waals surface area contributed by atoms with Gasteiger partial charge in [-0.1, -0.05) is 30.3 Å². The van der Waals surface area contributed by atoms with Crippen LogP contribution >= 0.6 is 0 Å². The summed E-state index contributed by atoms with van der Waals surface area (Å²) in [6, 6.07) is 15.8. The van der Waals surface area contributed by atoms with Crippen molar-refractivity contribution in [3.63, 3.8) is 0 Å².